The zero-order chi connectivity index (χ0) is 20.3. The van der Waals surface area contributed by atoms with E-state index in [1.54, 1.807) is 0 Å². The molecule has 1 fully saturated rings. The second-order valence-electron chi connectivity index (χ2n) is 8.05. The van der Waals surface area contributed by atoms with Crippen LogP contribution in [-0.2, 0) is 6.54 Å². The summed E-state index contributed by atoms with van der Waals surface area (Å²) < 4.78 is 2.26. The summed E-state index contributed by atoms with van der Waals surface area (Å²) in [4.78, 5) is 19.5. The maximum atomic E-state index is 12.8. The van der Waals surface area contributed by atoms with E-state index in [1.165, 1.54) is 0 Å². The van der Waals surface area contributed by atoms with Crippen molar-refractivity contribution in [1.29, 1.82) is 0 Å². The third-order valence-electron chi connectivity index (χ3n) is 6.04. The van der Waals surface area contributed by atoms with Crippen LogP contribution in [0.4, 0.5) is 0 Å². The number of aromatic amines is 1. The molecule has 0 aliphatic carbocycles. The first-order valence-corrected chi connectivity index (χ1v) is 10.6. The first kappa shape index (κ1) is 18.6. The molecule has 1 amide bonds. The van der Waals surface area contributed by atoms with Gasteiger partial charge in [-0.25, -0.2) is 4.98 Å². The number of likely N-dealkylation sites (tertiary alicyclic amines) is 1. The predicted molar refractivity (Wildman–Crippen MR) is 117 cm³/mol. The lowest BCUT2D eigenvalue weighted by atomic mass is 10.0. The number of fused-ring (bicyclic) bond motifs is 1. The topological polar surface area (TPSA) is 66.8 Å². The molecule has 6 nitrogen and oxygen atoms in total. The summed E-state index contributed by atoms with van der Waals surface area (Å²) in [7, 11) is 0. The Bertz CT molecular complexity index is 1130. The van der Waals surface area contributed by atoms with E-state index in [1.807, 2.05) is 53.8 Å². The van der Waals surface area contributed by atoms with Crippen molar-refractivity contribution in [2.75, 3.05) is 13.1 Å². The smallest absolute Gasteiger partial charge is 0.253 e. The molecule has 3 aromatic heterocycles. The summed E-state index contributed by atoms with van der Waals surface area (Å²) in [6.07, 6.45) is 10.9. The molecule has 4 aromatic rings. The van der Waals surface area contributed by atoms with Gasteiger partial charge in [-0.1, -0.05) is 18.2 Å². The van der Waals surface area contributed by atoms with Gasteiger partial charge in [0.1, 0.15) is 5.65 Å². The number of hydrogen-bond donors (Lipinski definition) is 1. The van der Waals surface area contributed by atoms with Crippen molar-refractivity contribution in [1.82, 2.24) is 24.6 Å². The summed E-state index contributed by atoms with van der Waals surface area (Å²) in [5, 5.41) is 8.02. The minimum absolute atomic E-state index is 0.149. The highest BCUT2D eigenvalue weighted by molar-refractivity contribution is 5.94. The average Bonchev–Trinajstić information content (AvgIpc) is 3.40. The third-order valence-corrected chi connectivity index (χ3v) is 6.04. The molecule has 152 valence electrons. The van der Waals surface area contributed by atoms with Crippen LogP contribution in [0.25, 0.3) is 22.2 Å². The summed E-state index contributed by atoms with van der Waals surface area (Å²) in [5.74, 6) is 0.695. The molecule has 1 aromatic carbocycles. The summed E-state index contributed by atoms with van der Waals surface area (Å²) in [6, 6.07) is 13.9. The largest absolute Gasteiger partial charge is 0.339 e. The van der Waals surface area contributed by atoms with Gasteiger partial charge in [-0.15, -0.1) is 0 Å². The minimum atomic E-state index is 0.149. The third kappa shape index (κ3) is 3.73. The van der Waals surface area contributed by atoms with Crippen LogP contribution in [0.1, 0.15) is 29.6 Å². The number of H-pyrrole nitrogens is 1. The van der Waals surface area contributed by atoms with Gasteiger partial charge in [0.2, 0.25) is 0 Å². The normalized spacial score (nSPS) is 17.2. The monoisotopic (exact) mass is 399 g/mol. The van der Waals surface area contributed by atoms with Crippen molar-refractivity contribution in [3.63, 3.8) is 0 Å². The zero-order valence-electron chi connectivity index (χ0n) is 16.9. The van der Waals surface area contributed by atoms with E-state index in [0.29, 0.717) is 5.92 Å². The number of carbonyl (C=O) groups is 1. The Labute approximate surface area is 175 Å². The van der Waals surface area contributed by atoms with Crippen molar-refractivity contribution in [3.8, 4) is 11.1 Å². The Balaban J connectivity index is 1.27. The predicted octanol–water partition coefficient (Wildman–Crippen LogP) is 4.37. The maximum absolute atomic E-state index is 12.8. The molecule has 1 atom stereocenters. The van der Waals surface area contributed by atoms with Crippen LogP contribution in [-0.4, -0.2) is 43.6 Å². The number of rotatable bonds is 4. The van der Waals surface area contributed by atoms with Crippen LogP contribution < -0.4 is 0 Å². The molecule has 0 spiro atoms. The standard InChI is InChI=1S/C24H25N5O/c30-24(19-6-2-1-3-7-19)28-10-4-5-18(8-11-28)17-29-12-9-20-13-21(14-25-23(20)29)22-15-26-27-16-22/h1-3,6-7,9,12-16,18H,4-5,8,10-11,17H2,(H,26,27). The molecule has 0 radical (unpaired) electrons. The van der Waals surface area contributed by atoms with E-state index in [9.17, 15) is 4.79 Å². The van der Waals surface area contributed by atoms with Crippen LogP contribution in [0.5, 0.6) is 0 Å². The van der Waals surface area contributed by atoms with Crippen LogP contribution in [0.2, 0.25) is 0 Å². The van der Waals surface area contributed by atoms with Gasteiger partial charge in [-0.2, -0.15) is 5.10 Å². The molecule has 0 saturated carbocycles. The fourth-order valence-corrected chi connectivity index (χ4v) is 4.38. The number of aromatic nitrogens is 4. The van der Waals surface area contributed by atoms with Gasteiger partial charge in [0.15, 0.2) is 0 Å². The zero-order valence-corrected chi connectivity index (χ0v) is 16.9. The fraction of sp³-hybridized carbons (Fsp3) is 0.292. The van der Waals surface area contributed by atoms with Gasteiger partial charge < -0.3 is 9.47 Å². The van der Waals surface area contributed by atoms with Gasteiger partial charge in [-0.05, 0) is 49.4 Å². The number of nitrogens with zero attached hydrogens (tertiary/aromatic N) is 4. The lowest BCUT2D eigenvalue weighted by Crippen LogP contribution is -2.32. The van der Waals surface area contributed by atoms with Gasteiger partial charge in [-0.3, -0.25) is 9.89 Å². The van der Waals surface area contributed by atoms with Crippen molar-refractivity contribution < 1.29 is 4.79 Å². The molecule has 1 unspecified atom stereocenters. The molecule has 5 rings (SSSR count). The molecule has 0 bridgehead atoms. The molecule has 4 heterocycles. The number of carbonyl (C=O) groups excluding carboxylic acids is 1. The van der Waals surface area contributed by atoms with Gasteiger partial charge in [0, 0.05) is 60.3 Å². The van der Waals surface area contributed by atoms with E-state index < -0.39 is 0 Å². The van der Waals surface area contributed by atoms with E-state index >= 15 is 0 Å². The van der Waals surface area contributed by atoms with Crippen LogP contribution >= 0.6 is 0 Å². The molecule has 30 heavy (non-hydrogen) atoms. The SMILES string of the molecule is O=C(c1ccccc1)N1CCCC(Cn2ccc3cc(-c4cn[nH]c4)cnc32)CC1. The highest BCUT2D eigenvalue weighted by Crippen LogP contribution is 2.25. The van der Waals surface area contributed by atoms with E-state index in [2.05, 4.69) is 33.1 Å². The first-order valence-electron chi connectivity index (χ1n) is 10.6. The summed E-state index contributed by atoms with van der Waals surface area (Å²) >= 11 is 0. The molecule has 6 heteroatoms. The second-order valence-corrected chi connectivity index (χ2v) is 8.05. The van der Waals surface area contributed by atoms with Crippen molar-refractivity contribution in [2.24, 2.45) is 5.92 Å². The van der Waals surface area contributed by atoms with Gasteiger partial charge in [0.25, 0.3) is 5.91 Å². The van der Waals surface area contributed by atoms with E-state index in [4.69, 9.17) is 4.98 Å². The van der Waals surface area contributed by atoms with Crippen LogP contribution in [0.15, 0.2) is 67.3 Å². The first-order chi connectivity index (χ1) is 14.8. The molecular formula is C24H25N5O. The molecular weight excluding hydrogens is 374 g/mol. The average molecular weight is 399 g/mol. The van der Waals surface area contributed by atoms with Crippen LogP contribution in [0.3, 0.4) is 0 Å². The Kier molecular flexibility index (Phi) is 5.05. The van der Waals surface area contributed by atoms with Crippen molar-refractivity contribution in [3.05, 3.63) is 72.8 Å². The maximum Gasteiger partial charge on any atom is 0.253 e. The van der Waals surface area contributed by atoms with Crippen molar-refractivity contribution >= 4 is 16.9 Å². The Morgan fingerprint density at radius 1 is 1.07 bits per heavy atom. The molecule has 1 aliphatic heterocycles. The second kappa shape index (κ2) is 8.14. The number of amides is 1. The summed E-state index contributed by atoms with van der Waals surface area (Å²) in [6.45, 7) is 2.59. The molecule has 1 aliphatic rings. The Hall–Kier alpha value is -3.41. The van der Waals surface area contributed by atoms with Crippen molar-refractivity contribution in [2.45, 2.75) is 25.8 Å². The Morgan fingerprint density at radius 2 is 1.97 bits per heavy atom. The summed E-state index contributed by atoms with van der Waals surface area (Å²) in [5.41, 5.74) is 3.91. The lowest BCUT2D eigenvalue weighted by molar-refractivity contribution is 0.0759. The lowest BCUT2D eigenvalue weighted by Gasteiger charge is -2.21. The highest BCUT2D eigenvalue weighted by atomic mass is 16.2. The van der Waals surface area contributed by atoms with E-state index in [0.717, 1.165) is 66.6 Å². The quantitative estimate of drug-likeness (QED) is 0.554. The number of pyridine rings is 1. The van der Waals surface area contributed by atoms with Gasteiger partial charge >= 0.3 is 0 Å². The number of benzene rings is 1. The van der Waals surface area contributed by atoms with Gasteiger partial charge in [0.05, 0.1) is 6.20 Å². The fourth-order valence-electron chi connectivity index (χ4n) is 4.38. The molecule has 1 N–H and O–H groups in total. The minimum Gasteiger partial charge on any atom is -0.339 e. The number of nitrogens with one attached hydrogen (secondary N) is 1. The number of hydrogen-bond acceptors (Lipinski definition) is 3. The Morgan fingerprint density at radius 3 is 2.80 bits per heavy atom. The van der Waals surface area contributed by atoms with Crippen LogP contribution in [0, 0.1) is 5.92 Å². The highest BCUT2D eigenvalue weighted by Gasteiger charge is 2.22. The van der Waals surface area contributed by atoms with E-state index in [-0.39, 0.29) is 5.91 Å². The molecule has 1 saturated heterocycles.